The Bertz CT molecular complexity index is 833. The zero-order valence-electron chi connectivity index (χ0n) is 16.5. The highest BCUT2D eigenvalue weighted by Crippen LogP contribution is 2.31. The Morgan fingerprint density at radius 3 is 2.82 bits per heavy atom. The van der Waals surface area contributed by atoms with Crippen LogP contribution in [0.15, 0.2) is 47.6 Å². The van der Waals surface area contributed by atoms with Gasteiger partial charge in [0.05, 0.1) is 6.10 Å². The molecule has 148 valence electrons. The summed E-state index contributed by atoms with van der Waals surface area (Å²) in [6.07, 6.45) is 2.36. The van der Waals surface area contributed by atoms with Crippen molar-refractivity contribution in [2.45, 2.75) is 38.8 Å². The van der Waals surface area contributed by atoms with Crippen molar-refractivity contribution in [3.63, 3.8) is 0 Å². The van der Waals surface area contributed by atoms with Crippen molar-refractivity contribution in [1.29, 1.82) is 0 Å². The molecule has 0 saturated heterocycles. The molecule has 7 heteroatoms. The van der Waals surface area contributed by atoms with Gasteiger partial charge >= 0.3 is 0 Å². The number of anilines is 1. The molecule has 7 nitrogen and oxygen atoms in total. The Kier molecular flexibility index (Phi) is 6.47. The number of rotatable bonds is 6. The summed E-state index contributed by atoms with van der Waals surface area (Å²) in [5.74, 6) is 1.46. The zero-order valence-corrected chi connectivity index (χ0v) is 16.5. The lowest BCUT2D eigenvalue weighted by Crippen LogP contribution is -2.40. The molecule has 3 N–H and O–H groups in total. The van der Waals surface area contributed by atoms with E-state index in [9.17, 15) is 4.79 Å². The van der Waals surface area contributed by atoms with E-state index in [0.29, 0.717) is 31.3 Å². The van der Waals surface area contributed by atoms with Gasteiger partial charge in [-0.15, -0.1) is 0 Å². The van der Waals surface area contributed by atoms with Gasteiger partial charge in [-0.1, -0.05) is 24.3 Å². The Morgan fingerprint density at radius 2 is 2.11 bits per heavy atom. The maximum atomic E-state index is 12.0. The summed E-state index contributed by atoms with van der Waals surface area (Å²) < 4.78 is 5.56. The normalized spacial score (nSPS) is 16.4. The quantitative estimate of drug-likeness (QED) is 0.529. The molecule has 1 aromatic carbocycles. The van der Waals surface area contributed by atoms with Crippen LogP contribution in [0, 0.1) is 0 Å². The minimum absolute atomic E-state index is 0.0447. The molecule has 0 fully saturated rings. The van der Waals surface area contributed by atoms with Gasteiger partial charge < -0.3 is 20.7 Å². The number of amides is 1. The molecule has 2 heterocycles. The molecular formula is C21H27N5O2. The first-order valence-electron chi connectivity index (χ1n) is 9.50. The summed E-state index contributed by atoms with van der Waals surface area (Å²) in [4.78, 5) is 20.5. The van der Waals surface area contributed by atoms with Crippen LogP contribution in [0.5, 0.6) is 5.88 Å². The Labute approximate surface area is 165 Å². The van der Waals surface area contributed by atoms with E-state index in [2.05, 4.69) is 32.0 Å². The van der Waals surface area contributed by atoms with Gasteiger partial charge in [0.15, 0.2) is 5.96 Å². The highest BCUT2D eigenvalue weighted by atomic mass is 16.5. The summed E-state index contributed by atoms with van der Waals surface area (Å²) in [5.41, 5.74) is 3.07. The fourth-order valence-corrected chi connectivity index (χ4v) is 3.14. The van der Waals surface area contributed by atoms with E-state index in [1.807, 2.05) is 44.2 Å². The third kappa shape index (κ3) is 5.22. The number of hydrogen-bond donors (Lipinski definition) is 3. The molecule has 1 aromatic heterocycles. The summed E-state index contributed by atoms with van der Waals surface area (Å²) in [5, 5.41) is 9.52. The summed E-state index contributed by atoms with van der Waals surface area (Å²) >= 11 is 0. The molecular weight excluding hydrogens is 354 g/mol. The third-order valence-electron chi connectivity index (χ3n) is 4.46. The van der Waals surface area contributed by atoms with Gasteiger partial charge in [-0.2, -0.15) is 0 Å². The SMILES string of the molecule is CN=C(NCc1ccc(OC(C)C)nc1)NCC1CC(=O)Nc2ccccc21. The van der Waals surface area contributed by atoms with Crippen molar-refractivity contribution in [3.8, 4) is 5.88 Å². The number of carbonyl (C=O) groups is 1. The molecule has 0 bridgehead atoms. The van der Waals surface area contributed by atoms with Gasteiger partial charge in [0.2, 0.25) is 11.8 Å². The average Bonchev–Trinajstić information content (AvgIpc) is 2.68. The molecule has 1 amide bonds. The van der Waals surface area contributed by atoms with Crippen LogP contribution in [0.4, 0.5) is 5.69 Å². The van der Waals surface area contributed by atoms with Gasteiger partial charge in [-0.05, 0) is 31.0 Å². The lowest BCUT2D eigenvalue weighted by molar-refractivity contribution is -0.116. The molecule has 0 saturated carbocycles. The van der Waals surface area contributed by atoms with Crippen LogP contribution >= 0.6 is 0 Å². The molecule has 3 rings (SSSR count). The van der Waals surface area contributed by atoms with Gasteiger partial charge in [0.25, 0.3) is 0 Å². The molecule has 28 heavy (non-hydrogen) atoms. The van der Waals surface area contributed by atoms with E-state index < -0.39 is 0 Å². The minimum Gasteiger partial charge on any atom is -0.475 e. The maximum absolute atomic E-state index is 12.0. The monoisotopic (exact) mass is 381 g/mol. The van der Waals surface area contributed by atoms with E-state index >= 15 is 0 Å². The second-order valence-corrected chi connectivity index (χ2v) is 7.01. The number of pyridine rings is 1. The predicted molar refractivity (Wildman–Crippen MR) is 111 cm³/mol. The second-order valence-electron chi connectivity index (χ2n) is 7.01. The standard InChI is InChI=1S/C21H27N5O2/c1-14(2)28-20-9-8-15(11-23-20)12-24-21(22-3)25-13-16-10-19(27)26-18-7-5-4-6-17(16)18/h4-9,11,14,16H,10,12-13H2,1-3H3,(H,26,27)(H2,22,24,25). The molecule has 0 aliphatic carbocycles. The lowest BCUT2D eigenvalue weighted by atomic mass is 9.90. The fraction of sp³-hybridized carbons (Fsp3) is 0.381. The molecule has 1 aliphatic rings. The number of carbonyl (C=O) groups excluding carboxylic acids is 1. The number of aliphatic imine (C=N–C) groups is 1. The number of benzene rings is 1. The van der Waals surface area contributed by atoms with E-state index in [4.69, 9.17) is 4.74 Å². The second kappa shape index (κ2) is 9.21. The Morgan fingerprint density at radius 1 is 1.29 bits per heavy atom. The summed E-state index contributed by atoms with van der Waals surface area (Å²) in [6.45, 7) is 5.17. The van der Waals surface area contributed by atoms with Crippen LogP contribution in [0.1, 0.15) is 37.3 Å². The molecule has 2 aromatic rings. The molecule has 1 unspecified atom stereocenters. The van der Waals surface area contributed by atoms with Crippen LogP contribution in [-0.4, -0.2) is 36.5 Å². The first-order chi connectivity index (χ1) is 13.5. The largest absolute Gasteiger partial charge is 0.475 e. The number of guanidine groups is 1. The fourth-order valence-electron chi connectivity index (χ4n) is 3.14. The minimum atomic E-state index is 0.0447. The van der Waals surface area contributed by atoms with Gasteiger partial charge in [0, 0.05) is 50.4 Å². The number of nitrogens with zero attached hydrogens (tertiary/aromatic N) is 2. The molecule has 0 spiro atoms. The van der Waals surface area contributed by atoms with Crippen LogP contribution in [0.25, 0.3) is 0 Å². The number of para-hydroxylation sites is 1. The van der Waals surface area contributed by atoms with Crippen molar-refractivity contribution in [2.75, 3.05) is 18.9 Å². The van der Waals surface area contributed by atoms with Crippen LogP contribution in [-0.2, 0) is 11.3 Å². The highest BCUT2D eigenvalue weighted by molar-refractivity contribution is 5.94. The lowest BCUT2D eigenvalue weighted by Gasteiger charge is -2.26. The van der Waals surface area contributed by atoms with Crippen molar-refractivity contribution in [2.24, 2.45) is 4.99 Å². The third-order valence-corrected chi connectivity index (χ3v) is 4.46. The number of fused-ring (bicyclic) bond motifs is 1. The van der Waals surface area contributed by atoms with Crippen LogP contribution in [0.2, 0.25) is 0 Å². The van der Waals surface area contributed by atoms with Crippen molar-refractivity contribution >= 4 is 17.6 Å². The Hall–Kier alpha value is -3.09. The van der Waals surface area contributed by atoms with Gasteiger partial charge in [-0.3, -0.25) is 9.79 Å². The first-order valence-corrected chi connectivity index (χ1v) is 9.50. The molecule has 0 radical (unpaired) electrons. The number of ether oxygens (including phenoxy) is 1. The first kappa shape index (κ1) is 19.7. The summed E-state index contributed by atoms with van der Waals surface area (Å²) in [6, 6.07) is 11.8. The number of hydrogen-bond acceptors (Lipinski definition) is 4. The molecule has 1 atom stereocenters. The van der Waals surface area contributed by atoms with E-state index in [0.717, 1.165) is 16.8 Å². The van der Waals surface area contributed by atoms with E-state index in [1.54, 1.807) is 13.2 Å². The smallest absolute Gasteiger partial charge is 0.225 e. The van der Waals surface area contributed by atoms with Crippen molar-refractivity contribution in [1.82, 2.24) is 15.6 Å². The zero-order chi connectivity index (χ0) is 19.9. The van der Waals surface area contributed by atoms with Crippen molar-refractivity contribution in [3.05, 3.63) is 53.7 Å². The van der Waals surface area contributed by atoms with Gasteiger partial charge in [-0.25, -0.2) is 4.98 Å². The maximum Gasteiger partial charge on any atom is 0.225 e. The average molecular weight is 381 g/mol. The van der Waals surface area contributed by atoms with E-state index in [1.165, 1.54) is 0 Å². The number of nitrogens with one attached hydrogen (secondary N) is 3. The van der Waals surface area contributed by atoms with Gasteiger partial charge in [0.1, 0.15) is 0 Å². The highest BCUT2D eigenvalue weighted by Gasteiger charge is 2.24. The Balaban J connectivity index is 1.53. The topological polar surface area (TPSA) is 87.6 Å². The van der Waals surface area contributed by atoms with Crippen molar-refractivity contribution < 1.29 is 9.53 Å². The van der Waals surface area contributed by atoms with Crippen LogP contribution in [0.3, 0.4) is 0 Å². The van der Waals surface area contributed by atoms with E-state index in [-0.39, 0.29) is 17.9 Å². The molecule has 1 aliphatic heterocycles. The predicted octanol–water partition coefficient (Wildman–Crippen LogP) is 2.66. The number of aromatic nitrogens is 1. The summed E-state index contributed by atoms with van der Waals surface area (Å²) in [7, 11) is 1.73. The van der Waals surface area contributed by atoms with Crippen LogP contribution < -0.4 is 20.7 Å².